The summed E-state index contributed by atoms with van der Waals surface area (Å²) in [4.78, 5) is 0. The molecule has 1 heteroatoms. The third-order valence-electron chi connectivity index (χ3n) is 2.18. The lowest BCUT2D eigenvalue weighted by molar-refractivity contribution is 0.787. The van der Waals surface area contributed by atoms with Crippen LogP contribution in [0.5, 0.6) is 0 Å². The summed E-state index contributed by atoms with van der Waals surface area (Å²) in [5.41, 5.74) is 1.40. The zero-order chi connectivity index (χ0) is 11.5. The average molecular weight is 227 g/mol. The Morgan fingerprint density at radius 1 is 1.13 bits per heavy atom. The fourth-order valence-corrected chi connectivity index (χ4v) is 1.33. The van der Waals surface area contributed by atoms with Crippen LogP contribution in [0, 0.1) is 0 Å². The van der Waals surface area contributed by atoms with E-state index in [0.717, 1.165) is 11.5 Å². The Bertz CT molecular complexity index is 234. The Labute approximate surface area is 99.7 Å². The molecular formula is C14H23Cl. The van der Waals surface area contributed by atoms with Crippen LogP contribution in [0.2, 0.25) is 0 Å². The average Bonchev–Trinajstić information content (AvgIpc) is 2.24. The van der Waals surface area contributed by atoms with Crippen LogP contribution >= 0.6 is 11.6 Å². The lowest BCUT2D eigenvalue weighted by Gasteiger charge is -1.96. The summed E-state index contributed by atoms with van der Waals surface area (Å²) < 4.78 is 0. The maximum Gasteiger partial charge on any atom is 0.0402 e. The van der Waals surface area contributed by atoms with E-state index in [2.05, 4.69) is 32.9 Å². The number of unbranched alkanes of at least 4 members (excludes halogenated alkanes) is 2. The van der Waals surface area contributed by atoms with Gasteiger partial charge in [-0.2, -0.15) is 0 Å². The van der Waals surface area contributed by atoms with Crippen molar-refractivity contribution >= 4 is 11.6 Å². The fourth-order valence-electron chi connectivity index (χ4n) is 1.18. The highest BCUT2D eigenvalue weighted by Gasteiger charge is 1.88. The van der Waals surface area contributed by atoms with Crippen LogP contribution in [0.1, 0.15) is 52.9 Å². The molecule has 0 amide bonds. The molecule has 0 rings (SSSR count). The molecule has 15 heavy (non-hydrogen) atoms. The van der Waals surface area contributed by atoms with Crippen LogP contribution in [0.25, 0.3) is 0 Å². The van der Waals surface area contributed by atoms with Gasteiger partial charge in [0.1, 0.15) is 0 Å². The number of hydrogen-bond donors (Lipinski definition) is 0. The fraction of sp³-hybridized carbons (Fsp3) is 0.571. The normalized spacial score (nSPS) is 13.9. The predicted molar refractivity (Wildman–Crippen MR) is 71.3 cm³/mol. The van der Waals surface area contributed by atoms with Gasteiger partial charge in [0, 0.05) is 5.03 Å². The summed E-state index contributed by atoms with van der Waals surface area (Å²) in [5, 5.41) is 0.819. The minimum atomic E-state index is 0.819. The van der Waals surface area contributed by atoms with Gasteiger partial charge in [-0.15, -0.1) is 0 Å². The van der Waals surface area contributed by atoms with E-state index in [4.69, 9.17) is 11.6 Å². The van der Waals surface area contributed by atoms with Gasteiger partial charge in [0.2, 0.25) is 0 Å². The molecule has 0 saturated heterocycles. The lowest BCUT2D eigenvalue weighted by atomic mass is 10.1. The van der Waals surface area contributed by atoms with Crippen LogP contribution in [0.15, 0.2) is 34.9 Å². The van der Waals surface area contributed by atoms with E-state index in [-0.39, 0.29) is 0 Å². The van der Waals surface area contributed by atoms with Crippen molar-refractivity contribution in [3.8, 4) is 0 Å². The number of hydrogen-bond acceptors (Lipinski definition) is 0. The van der Waals surface area contributed by atoms with E-state index in [1.165, 1.54) is 31.3 Å². The molecule has 0 radical (unpaired) electrons. The third-order valence-corrected chi connectivity index (χ3v) is 2.44. The summed E-state index contributed by atoms with van der Waals surface area (Å²) in [6.45, 7) is 6.53. The second-order valence-electron chi connectivity index (χ2n) is 3.86. The first-order valence-corrected chi connectivity index (χ1v) is 6.28. The molecule has 0 saturated carbocycles. The van der Waals surface area contributed by atoms with Gasteiger partial charge in [0.15, 0.2) is 0 Å². The van der Waals surface area contributed by atoms with E-state index < -0.39 is 0 Å². The van der Waals surface area contributed by atoms with Crippen LogP contribution in [-0.4, -0.2) is 0 Å². The zero-order valence-corrected chi connectivity index (χ0v) is 11.0. The second-order valence-corrected chi connectivity index (χ2v) is 4.30. The van der Waals surface area contributed by atoms with E-state index in [1.807, 2.05) is 12.2 Å². The molecule has 0 nitrogen and oxygen atoms in total. The Kier molecular flexibility index (Phi) is 9.71. The summed E-state index contributed by atoms with van der Waals surface area (Å²) in [6.07, 6.45) is 14.2. The van der Waals surface area contributed by atoms with Crippen molar-refractivity contribution in [1.29, 1.82) is 0 Å². The Hall–Kier alpha value is -0.490. The molecule has 0 unspecified atom stereocenters. The molecule has 0 N–H and O–H groups in total. The highest BCUT2D eigenvalue weighted by molar-refractivity contribution is 6.31. The molecule has 0 aliphatic heterocycles. The Morgan fingerprint density at radius 3 is 2.47 bits per heavy atom. The molecule has 0 spiro atoms. The summed E-state index contributed by atoms with van der Waals surface area (Å²) in [7, 11) is 0. The molecule has 0 aromatic carbocycles. The standard InChI is InChI=1S/C14H23Cl/c1-4-6-8-10-14(15)12-11-13(3)9-7-5-2/h8,10-12H,4-7,9H2,1-3H3/b10-8+,13-11+,14-12+. The smallest absolute Gasteiger partial charge is 0.0402 e. The molecule has 0 aliphatic carbocycles. The maximum atomic E-state index is 6.02. The van der Waals surface area contributed by atoms with Gasteiger partial charge in [0.25, 0.3) is 0 Å². The Balaban J connectivity index is 4.00. The van der Waals surface area contributed by atoms with Gasteiger partial charge in [-0.25, -0.2) is 0 Å². The van der Waals surface area contributed by atoms with E-state index in [1.54, 1.807) is 0 Å². The van der Waals surface area contributed by atoms with Crippen molar-refractivity contribution in [3.05, 3.63) is 34.9 Å². The first kappa shape index (κ1) is 14.5. The van der Waals surface area contributed by atoms with Gasteiger partial charge in [-0.3, -0.25) is 0 Å². The van der Waals surface area contributed by atoms with Crippen LogP contribution < -0.4 is 0 Å². The second kappa shape index (κ2) is 10.0. The molecule has 0 heterocycles. The van der Waals surface area contributed by atoms with Crippen molar-refractivity contribution in [2.75, 3.05) is 0 Å². The molecule has 0 atom stereocenters. The van der Waals surface area contributed by atoms with Gasteiger partial charge in [-0.1, -0.05) is 56.0 Å². The van der Waals surface area contributed by atoms with Gasteiger partial charge < -0.3 is 0 Å². The molecule has 0 bridgehead atoms. The zero-order valence-electron chi connectivity index (χ0n) is 10.2. The molecule has 0 aromatic rings. The van der Waals surface area contributed by atoms with Crippen LogP contribution in [0.4, 0.5) is 0 Å². The van der Waals surface area contributed by atoms with Gasteiger partial charge in [0.05, 0.1) is 0 Å². The number of halogens is 1. The molecule has 0 fully saturated rings. The Morgan fingerprint density at radius 2 is 1.87 bits per heavy atom. The minimum Gasteiger partial charge on any atom is -0.0844 e. The molecule has 0 aliphatic rings. The topological polar surface area (TPSA) is 0 Å². The first-order valence-electron chi connectivity index (χ1n) is 5.90. The van der Waals surface area contributed by atoms with Crippen LogP contribution in [0.3, 0.4) is 0 Å². The van der Waals surface area contributed by atoms with Crippen LogP contribution in [-0.2, 0) is 0 Å². The molecule has 0 aromatic heterocycles. The first-order chi connectivity index (χ1) is 7.20. The van der Waals surface area contributed by atoms with Crippen molar-refractivity contribution < 1.29 is 0 Å². The highest BCUT2D eigenvalue weighted by atomic mass is 35.5. The molecule has 86 valence electrons. The highest BCUT2D eigenvalue weighted by Crippen LogP contribution is 2.09. The van der Waals surface area contributed by atoms with E-state index in [0.29, 0.717) is 0 Å². The predicted octanol–water partition coefficient (Wildman–Crippen LogP) is 5.60. The van der Waals surface area contributed by atoms with Crippen molar-refractivity contribution in [2.45, 2.75) is 52.9 Å². The molecular weight excluding hydrogens is 204 g/mol. The number of allylic oxidation sites excluding steroid dienone is 6. The van der Waals surface area contributed by atoms with Gasteiger partial charge >= 0.3 is 0 Å². The van der Waals surface area contributed by atoms with E-state index >= 15 is 0 Å². The quantitative estimate of drug-likeness (QED) is 0.496. The summed E-state index contributed by atoms with van der Waals surface area (Å²) in [6, 6.07) is 0. The summed E-state index contributed by atoms with van der Waals surface area (Å²) >= 11 is 6.02. The van der Waals surface area contributed by atoms with Crippen molar-refractivity contribution in [2.24, 2.45) is 0 Å². The third kappa shape index (κ3) is 9.81. The maximum absolute atomic E-state index is 6.02. The number of rotatable bonds is 7. The largest absolute Gasteiger partial charge is 0.0844 e. The van der Waals surface area contributed by atoms with E-state index in [9.17, 15) is 0 Å². The minimum absolute atomic E-state index is 0.819. The van der Waals surface area contributed by atoms with Gasteiger partial charge in [-0.05, 0) is 38.3 Å². The van der Waals surface area contributed by atoms with Crippen molar-refractivity contribution in [1.82, 2.24) is 0 Å². The SMILES string of the molecule is CCC/C=C/C(Cl)=C\C=C(/C)CCCC. The summed E-state index contributed by atoms with van der Waals surface area (Å²) in [5.74, 6) is 0. The lowest BCUT2D eigenvalue weighted by Crippen LogP contribution is -1.76. The van der Waals surface area contributed by atoms with Crippen molar-refractivity contribution in [3.63, 3.8) is 0 Å². The monoisotopic (exact) mass is 226 g/mol.